The monoisotopic (exact) mass is 407 g/mol. The molecular weight excluding hydrogens is 370 g/mol. The molecule has 3 aromatic rings. The maximum atomic E-state index is 11.0. The Kier molecular flexibility index (Phi) is 8.73. The molecule has 2 aromatic carbocycles. The zero-order chi connectivity index (χ0) is 21.2. The quantitative estimate of drug-likeness (QED) is 0.306. The fourth-order valence-corrected chi connectivity index (χ4v) is 4.11. The van der Waals surface area contributed by atoms with Crippen LogP contribution in [0.4, 0.5) is 0 Å². The highest BCUT2D eigenvalue weighted by molar-refractivity contribution is 5.73. The van der Waals surface area contributed by atoms with Crippen molar-refractivity contribution >= 4 is 11.0 Å². The van der Waals surface area contributed by atoms with Crippen molar-refractivity contribution in [3.63, 3.8) is 0 Å². The smallest absolute Gasteiger partial charge is 0.146 e. The van der Waals surface area contributed by atoms with Crippen LogP contribution in [-0.2, 0) is 12.8 Å². The first-order valence-electron chi connectivity index (χ1n) is 11.9. The molecule has 1 N–H and O–H groups in total. The van der Waals surface area contributed by atoms with Crippen LogP contribution >= 0.6 is 0 Å². The molecule has 0 radical (unpaired) electrons. The highest BCUT2D eigenvalue weighted by Gasteiger charge is 2.14. The van der Waals surface area contributed by atoms with E-state index in [1.165, 1.54) is 56.9 Å². The van der Waals surface area contributed by atoms with Crippen LogP contribution in [0.15, 0.2) is 36.4 Å². The third kappa shape index (κ3) is 6.07. The third-order valence-corrected chi connectivity index (χ3v) is 5.82. The normalized spacial score (nSPS) is 11.4. The van der Waals surface area contributed by atoms with Crippen molar-refractivity contribution in [2.24, 2.45) is 0 Å². The molecule has 30 heavy (non-hydrogen) atoms. The molecule has 0 atom stereocenters. The molecule has 0 amide bonds. The molecule has 0 aliphatic heterocycles. The highest BCUT2D eigenvalue weighted by atomic mass is 16.3. The fourth-order valence-electron chi connectivity index (χ4n) is 4.11. The SMILES string of the molecule is CCCCCCCCCCCc1cc(CCC)cc(-n2nc3ccccc3n2)c1O. The molecule has 0 saturated heterocycles. The number of unbranched alkanes of at least 4 members (excludes halogenated alkanes) is 8. The first-order valence-corrected chi connectivity index (χ1v) is 11.9. The second-order valence-electron chi connectivity index (χ2n) is 8.43. The topological polar surface area (TPSA) is 50.9 Å². The zero-order valence-electron chi connectivity index (χ0n) is 18.7. The Bertz CT molecular complexity index is 883. The molecule has 0 saturated carbocycles. The van der Waals surface area contributed by atoms with Crippen LogP contribution in [0.3, 0.4) is 0 Å². The van der Waals surface area contributed by atoms with E-state index in [9.17, 15) is 5.11 Å². The van der Waals surface area contributed by atoms with Crippen molar-refractivity contribution in [2.75, 3.05) is 0 Å². The van der Waals surface area contributed by atoms with Crippen LogP contribution in [-0.4, -0.2) is 20.1 Å². The molecule has 1 aromatic heterocycles. The van der Waals surface area contributed by atoms with Crippen molar-refractivity contribution in [3.05, 3.63) is 47.5 Å². The summed E-state index contributed by atoms with van der Waals surface area (Å²) in [6.45, 7) is 4.45. The number of aromatic nitrogens is 3. The summed E-state index contributed by atoms with van der Waals surface area (Å²) in [5.74, 6) is 0.328. The first-order chi connectivity index (χ1) is 14.7. The van der Waals surface area contributed by atoms with Gasteiger partial charge >= 0.3 is 0 Å². The Hall–Kier alpha value is -2.36. The Morgan fingerprint density at radius 3 is 1.93 bits per heavy atom. The van der Waals surface area contributed by atoms with Gasteiger partial charge in [-0.1, -0.05) is 89.8 Å². The summed E-state index contributed by atoms with van der Waals surface area (Å²) in [5.41, 5.74) is 4.66. The number of phenols is 1. The average molecular weight is 408 g/mol. The van der Waals surface area contributed by atoms with Gasteiger partial charge in [0.2, 0.25) is 0 Å². The summed E-state index contributed by atoms with van der Waals surface area (Å²) in [7, 11) is 0. The number of aryl methyl sites for hydroxylation is 2. The van der Waals surface area contributed by atoms with Crippen LogP contribution in [0.1, 0.15) is 89.2 Å². The molecule has 0 bridgehead atoms. The molecule has 0 spiro atoms. The molecule has 3 rings (SSSR count). The van der Waals surface area contributed by atoms with Gasteiger partial charge < -0.3 is 5.11 Å². The summed E-state index contributed by atoms with van der Waals surface area (Å²) >= 11 is 0. The van der Waals surface area contributed by atoms with Crippen LogP contribution in [0.5, 0.6) is 5.75 Å². The Morgan fingerprint density at radius 1 is 0.733 bits per heavy atom. The van der Waals surface area contributed by atoms with Gasteiger partial charge in [-0.15, -0.1) is 15.0 Å². The van der Waals surface area contributed by atoms with Crippen molar-refractivity contribution in [1.29, 1.82) is 0 Å². The second-order valence-corrected chi connectivity index (χ2v) is 8.43. The van der Waals surface area contributed by atoms with Gasteiger partial charge in [-0.25, -0.2) is 0 Å². The summed E-state index contributed by atoms with van der Waals surface area (Å²) < 4.78 is 0. The third-order valence-electron chi connectivity index (χ3n) is 5.82. The summed E-state index contributed by atoms with van der Waals surface area (Å²) in [6, 6.07) is 12.0. The van der Waals surface area contributed by atoms with E-state index in [4.69, 9.17) is 0 Å². The van der Waals surface area contributed by atoms with E-state index < -0.39 is 0 Å². The van der Waals surface area contributed by atoms with Gasteiger partial charge in [-0.05, 0) is 48.6 Å². The minimum atomic E-state index is 0.328. The number of phenolic OH excluding ortho intramolecular Hbond substituents is 1. The Labute approximate surface area is 181 Å². The van der Waals surface area contributed by atoms with Gasteiger partial charge in [-0.2, -0.15) is 0 Å². The van der Waals surface area contributed by atoms with Gasteiger partial charge in [0, 0.05) is 0 Å². The van der Waals surface area contributed by atoms with E-state index in [1.807, 2.05) is 30.3 Å². The molecule has 0 aliphatic carbocycles. The molecule has 4 heteroatoms. The maximum Gasteiger partial charge on any atom is 0.146 e. The van der Waals surface area contributed by atoms with Gasteiger partial charge in [0.25, 0.3) is 0 Å². The van der Waals surface area contributed by atoms with E-state index in [0.29, 0.717) is 11.4 Å². The van der Waals surface area contributed by atoms with Gasteiger partial charge in [-0.3, -0.25) is 0 Å². The lowest BCUT2D eigenvalue weighted by molar-refractivity contribution is 0.458. The van der Waals surface area contributed by atoms with E-state index in [2.05, 4.69) is 30.1 Å². The number of rotatable bonds is 13. The molecular formula is C26H37N3O. The second kappa shape index (κ2) is 11.7. The number of nitrogens with zero attached hydrogens (tertiary/aromatic N) is 3. The lowest BCUT2D eigenvalue weighted by atomic mass is 9.99. The average Bonchev–Trinajstić information content (AvgIpc) is 3.18. The molecule has 0 aliphatic rings. The number of fused-ring (bicyclic) bond motifs is 1. The van der Waals surface area contributed by atoms with E-state index >= 15 is 0 Å². The summed E-state index contributed by atoms with van der Waals surface area (Å²) in [6.07, 6.45) is 14.8. The lowest BCUT2D eigenvalue weighted by Gasteiger charge is -2.12. The Morgan fingerprint density at radius 2 is 1.33 bits per heavy atom. The predicted molar refractivity (Wildman–Crippen MR) is 125 cm³/mol. The van der Waals surface area contributed by atoms with Gasteiger partial charge in [0.1, 0.15) is 22.5 Å². The van der Waals surface area contributed by atoms with Crippen molar-refractivity contribution in [2.45, 2.75) is 90.9 Å². The van der Waals surface area contributed by atoms with Gasteiger partial charge in [0.05, 0.1) is 0 Å². The lowest BCUT2D eigenvalue weighted by Crippen LogP contribution is -2.03. The standard InChI is InChI=1S/C26H37N3O/c1-3-5-6-7-8-9-10-11-12-16-22-19-21(15-4-2)20-25(26(22)30)29-27-23-17-13-14-18-24(23)28-29/h13-14,17-20,30H,3-12,15-16H2,1-2H3. The van der Waals surface area contributed by atoms with Crippen LogP contribution in [0, 0.1) is 0 Å². The molecule has 1 heterocycles. The number of hydrogen-bond acceptors (Lipinski definition) is 3. The van der Waals surface area contributed by atoms with Crippen LogP contribution in [0.25, 0.3) is 16.7 Å². The summed E-state index contributed by atoms with van der Waals surface area (Å²) in [5, 5.41) is 20.1. The van der Waals surface area contributed by atoms with E-state index in [0.717, 1.165) is 42.3 Å². The van der Waals surface area contributed by atoms with Gasteiger partial charge in [0.15, 0.2) is 0 Å². The van der Waals surface area contributed by atoms with Crippen molar-refractivity contribution in [1.82, 2.24) is 15.0 Å². The highest BCUT2D eigenvalue weighted by Crippen LogP contribution is 2.30. The van der Waals surface area contributed by atoms with Crippen LogP contribution in [0.2, 0.25) is 0 Å². The van der Waals surface area contributed by atoms with Crippen molar-refractivity contribution in [3.8, 4) is 11.4 Å². The minimum Gasteiger partial charge on any atom is -0.505 e. The number of hydrogen-bond donors (Lipinski definition) is 1. The predicted octanol–water partition coefficient (Wildman–Crippen LogP) is 7.15. The minimum absolute atomic E-state index is 0.328. The van der Waals surface area contributed by atoms with Crippen molar-refractivity contribution < 1.29 is 5.11 Å². The Balaban J connectivity index is 1.64. The largest absolute Gasteiger partial charge is 0.505 e. The zero-order valence-corrected chi connectivity index (χ0v) is 18.7. The van der Waals surface area contributed by atoms with Crippen LogP contribution < -0.4 is 0 Å². The van der Waals surface area contributed by atoms with E-state index in [1.54, 1.807) is 4.80 Å². The number of benzene rings is 2. The molecule has 162 valence electrons. The molecule has 4 nitrogen and oxygen atoms in total. The molecule has 0 unspecified atom stereocenters. The fraction of sp³-hybridized carbons (Fsp3) is 0.538. The number of aromatic hydroxyl groups is 1. The summed E-state index contributed by atoms with van der Waals surface area (Å²) in [4.78, 5) is 1.60. The maximum absolute atomic E-state index is 11.0. The first kappa shape index (κ1) is 22.3. The van der Waals surface area contributed by atoms with E-state index in [-0.39, 0.29) is 0 Å². The molecule has 0 fully saturated rings.